The molecule has 23 heteroatoms. The molecule has 23 nitrogen and oxygen atoms in total. The molecule has 4 atom stereocenters. The summed E-state index contributed by atoms with van der Waals surface area (Å²) in [6.45, 7) is 5.78. The summed E-state index contributed by atoms with van der Waals surface area (Å²) in [5, 5.41) is 21.9. The number of rotatable bonds is 38. The highest BCUT2D eigenvalue weighted by atomic mass is 16.6. The second kappa shape index (κ2) is 41.5. The van der Waals surface area contributed by atoms with E-state index < -0.39 is 83.9 Å². The van der Waals surface area contributed by atoms with E-state index in [1.54, 1.807) is 45.0 Å². The molecular weight excluding hydrogens is 1170 g/mol. The van der Waals surface area contributed by atoms with Crippen LogP contribution >= 0.6 is 0 Å². The molecule has 0 radical (unpaired) electrons. The number of ether oxygens (including phenoxy) is 6. The Labute approximate surface area is 532 Å². The molecule has 0 aliphatic rings. The van der Waals surface area contributed by atoms with Gasteiger partial charge in [0.15, 0.2) is 0 Å². The lowest BCUT2D eigenvalue weighted by atomic mass is 10.0. The first kappa shape index (κ1) is 72.1. The summed E-state index contributed by atoms with van der Waals surface area (Å²) in [5.74, 6) is -3.04. The molecule has 0 aromatic heterocycles. The fraction of sp³-hybridized carbons (Fsp3) is 0.426. The van der Waals surface area contributed by atoms with Crippen LogP contribution in [0, 0.1) is 0 Å². The molecule has 0 aliphatic carbocycles. The van der Waals surface area contributed by atoms with Gasteiger partial charge in [0, 0.05) is 26.2 Å². The third-order valence-corrected chi connectivity index (χ3v) is 13.7. The van der Waals surface area contributed by atoms with Crippen molar-refractivity contribution in [1.82, 2.24) is 42.5 Å². The van der Waals surface area contributed by atoms with Crippen molar-refractivity contribution < 1.29 is 71.6 Å². The van der Waals surface area contributed by atoms with Crippen molar-refractivity contribution in [3.63, 3.8) is 0 Å². The Kier molecular flexibility index (Phi) is 32.9. The predicted molar refractivity (Wildman–Crippen MR) is 339 cm³/mol. The highest BCUT2D eigenvalue weighted by molar-refractivity contribution is 5.95. The lowest BCUT2D eigenvalue weighted by molar-refractivity contribution is -0.149. The smallest absolute Gasteiger partial charge is 0.408 e. The zero-order valence-electron chi connectivity index (χ0n) is 52.2. The fourth-order valence-electron chi connectivity index (χ4n) is 8.90. The number of hydrogen-bond acceptors (Lipinski definition) is 15. The van der Waals surface area contributed by atoms with Crippen LogP contribution in [0.15, 0.2) is 152 Å². The number of benzene rings is 5. The summed E-state index contributed by atoms with van der Waals surface area (Å²) in [5.41, 5.74) is 2.97. The minimum Gasteiger partial charge on any atom is -0.459 e. The molecule has 0 aliphatic heterocycles. The Balaban J connectivity index is 1.32. The maximum absolute atomic E-state index is 14.8. The number of alkyl carbamates (subject to hydrolysis) is 5. The Morgan fingerprint density at radius 2 is 0.549 bits per heavy atom. The molecule has 0 bridgehead atoms. The van der Waals surface area contributed by atoms with Gasteiger partial charge in [-0.2, -0.15) is 0 Å². The molecule has 5 aromatic carbocycles. The van der Waals surface area contributed by atoms with Gasteiger partial charge in [0.05, 0.1) is 0 Å². The van der Waals surface area contributed by atoms with E-state index in [9.17, 15) is 43.2 Å². The van der Waals surface area contributed by atoms with Gasteiger partial charge < -0.3 is 71.0 Å². The van der Waals surface area contributed by atoms with Crippen LogP contribution in [0.1, 0.15) is 126 Å². The summed E-state index contributed by atoms with van der Waals surface area (Å²) >= 11 is 0. The minimum atomic E-state index is -1.34. The van der Waals surface area contributed by atoms with E-state index in [0.717, 1.165) is 22.3 Å². The van der Waals surface area contributed by atoms with Crippen molar-refractivity contribution in [2.45, 2.75) is 161 Å². The van der Waals surface area contributed by atoms with Gasteiger partial charge in [0.2, 0.25) is 17.7 Å². The van der Waals surface area contributed by atoms with Gasteiger partial charge in [-0.3, -0.25) is 14.4 Å². The second-order valence-corrected chi connectivity index (χ2v) is 22.4. The summed E-state index contributed by atoms with van der Waals surface area (Å²) in [7, 11) is 0. The molecule has 0 spiro atoms. The molecule has 0 saturated carbocycles. The number of unbranched alkanes of at least 4 members (excludes halogenated alkanes) is 4. The molecule has 8 amide bonds. The van der Waals surface area contributed by atoms with Crippen molar-refractivity contribution in [2.24, 2.45) is 0 Å². The van der Waals surface area contributed by atoms with Crippen LogP contribution in [0.3, 0.4) is 0 Å². The normalized spacial score (nSPS) is 12.2. The van der Waals surface area contributed by atoms with E-state index in [-0.39, 0.29) is 97.7 Å². The monoisotopic (exact) mass is 1260 g/mol. The van der Waals surface area contributed by atoms with E-state index in [4.69, 9.17) is 28.4 Å². The molecule has 0 heterocycles. The molecule has 5 aromatic rings. The lowest BCUT2D eigenvalue weighted by Gasteiger charge is -2.27. The van der Waals surface area contributed by atoms with E-state index in [0.29, 0.717) is 44.1 Å². The van der Waals surface area contributed by atoms with E-state index >= 15 is 0 Å². The first-order valence-electron chi connectivity index (χ1n) is 30.9. The third kappa shape index (κ3) is 31.9. The number of carbonyl (C=O) groups is 9. The number of carbonyl (C=O) groups excluding carboxylic acids is 9. The lowest BCUT2D eigenvalue weighted by Crippen LogP contribution is -2.58. The maximum Gasteiger partial charge on any atom is 0.408 e. The molecule has 91 heavy (non-hydrogen) atoms. The summed E-state index contributed by atoms with van der Waals surface area (Å²) in [6, 6.07) is 40.4. The first-order chi connectivity index (χ1) is 44.0. The number of esters is 1. The van der Waals surface area contributed by atoms with Crippen LogP contribution < -0.4 is 42.5 Å². The third-order valence-electron chi connectivity index (χ3n) is 13.7. The van der Waals surface area contributed by atoms with Crippen LogP contribution in [-0.4, -0.2) is 110 Å². The standard InChI is InChI=1S/C68H88N8O15/c1-68(2,3)91-67(85)76-57(39-21-25-43-71-65(83)89-48-53-33-15-7-16-34-53)61(79)74-55(37-19-23-41-69-63(81)87-46-51-29-11-5-12-30-51)59(77)73-56(38-20-24-42-70-64(82)88-47-52-31-13-6-14-32-52)60(78)75-58(62(80)86-45-50-27-9-4-10-28-50)40-22-26-44-72-66(84)90-49-54-35-17-8-18-36-54/h4-18,27-36,55-58H,19-26,37-49H2,1-3H3,(H,69,81)(H,70,82)(H,71,83)(H,72,84)(H,73,77)(H,74,79)(H,75,78)(H,76,85). The summed E-state index contributed by atoms with van der Waals surface area (Å²) in [6.07, 6.45) is -0.824. The van der Waals surface area contributed by atoms with Crippen LogP contribution in [0.5, 0.6) is 0 Å². The average Bonchev–Trinajstić information content (AvgIpc) is 3.65. The van der Waals surface area contributed by atoms with Gasteiger partial charge in [-0.25, -0.2) is 28.8 Å². The van der Waals surface area contributed by atoms with Crippen molar-refractivity contribution in [3.05, 3.63) is 179 Å². The van der Waals surface area contributed by atoms with Gasteiger partial charge in [0.25, 0.3) is 0 Å². The topological polar surface area (TPSA) is 305 Å². The number of amides is 8. The largest absolute Gasteiger partial charge is 0.459 e. The van der Waals surface area contributed by atoms with Gasteiger partial charge in [-0.15, -0.1) is 0 Å². The van der Waals surface area contributed by atoms with E-state index in [1.807, 2.05) is 127 Å². The van der Waals surface area contributed by atoms with Gasteiger partial charge in [0.1, 0.15) is 62.8 Å². The zero-order chi connectivity index (χ0) is 65.3. The van der Waals surface area contributed by atoms with Crippen LogP contribution in [0.2, 0.25) is 0 Å². The van der Waals surface area contributed by atoms with Crippen LogP contribution in [-0.2, 0) is 80.6 Å². The van der Waals surface area contributed by atoms with Crippen LogP contribution in [0.25, 0.3) is 0 Å². The number of hydrogen-bond donors (Lipinski definition) is 8. The van der Waals surface area contributed by atoms with E-state index in [2.05, 4.69) is 42.5 Å². The fourth-order valence-corrected chi connectivity index (χ4v) is 8.90. The molecule has 4 unspecified atom stereocenters. The first-order valence-corrected chi connectivity index (χ1v) is 30.9. The zero-order valence-corrected chi connectivity index (χ0v) is 52.2. The predicted octanol–water partition coefficient (Wildman–Crippen LogP) is 9.46. The Morgan fingerprint density at radius 1 is 0.308 bits per heavy atom. The van der Waals surface area contributed by atoms with Crippen molar-refractivity contribution in [3.8, 4) is 0 Å². The molecule has 8 N–H and O–H groups in total. The van der Waals surface area contributed by atoms with Crippen molar-refractivity contribution in [2.75, 3.05) is 26.2 Å². The average molecular weight is 1260 g/mol. The highest BCUT2D eigenvalue weighted by Gasteiger charge is 2.32. The second-order valence-electron chi connectivity index (χ2n) is 22.4. The SMILES string of the molecule is CC(C)(C)OC(=O)NC(CCCCNC(=O)OCc1ccccc1)C(=O)NC(CCCCNC(=O)OCc1ccccc1)C(=O)NC(CCCCNC(=O)OCc1ccccc1)C(=O)NC(CCCCNC(=O)OCc1ccccc1)C(=O)OCc1ccccc1. The van der Waals surface area contributed by atoms with Crippen LogP contribution in [0.4, 0.5) is 24.0 Å². The Morgan fingerprint density at radius 3 is 0.824 bits per heavy atom. The molecule has 490 valence electrons. The minimum absolute atomic E-state index is 0.00848. The van der Waals surface area contributed by atoms with Gasteiger partial charge >= 0.3 is 36.4 Å². The Hall–Kier alpha value is -9.67. The van der Waals surface area contributed by atoms with Crippen molar-refractivity contribution >= 4 is 54.2 Å². The summed E-state index contributed by atoms with van der Waals surface area (Å²) in [4.78, 5) is 122. The van der Waals surface area contributed by atoms with Gasteiger partial charge in [-0.05, 0) is 126 Å². The molecule has 5 rings (SSSR count). The molecule has 0 fully saturated rings. The van der Waals surface area contributed by atoms with E-state index in [1.165, 1.54) is 0 Å². The molecular formula is C68H88N8O15. The van der Waals surface area contributed by atoms with Gasteiger partial charge in [-0.1, -0.05) is 152 Å². The Bertz CT molecular complexity index is 2980. The number of nitrogens with one attached hydrogen (secondary N) is 8. The quantitative estimate of drug-likeness (QED) is 0.0104. The summed E-state index contributed by atoms with van der Waals surface area (Å²) < 4.78 is 32.6. The van der Waals surface area contributed by atoms with Crippen molar-refractivity contribution in [1.29, 1.82) is 0 Å². The molecule has 0 saturated heterocycles. The highest BCUT2D eigenvalue weighted by Crippen LogP contribution is 2.14. The maximum atomic E-state index is 14.8.